The van der Waals surface area contributed by atoms with Crippen LogP contribution < -0.4 is 4.90 Å². The zero-order valence-electron chi connectivity index (χ0n) is 13.0. The molecule has 2 heterocycles. The van der Waals surface area contributed by atoms with Crippen LogP contribution in [0.1, 0.15) is 38.3 Å². The number of hydrogen-bond donors (Lipinski definition) is 0. The predicted molar refractivity (Wildman–Crippen MR) is 87.5 cm³/mol. The van der Waals surface area contributed by atoms with E-state index in [2.05, 4.69) is 21.8 Å². The molecule has 126 valence electrons. The lowest BCUT2D eigenvalue weighted by Gasteiger charge is -2.34. The Bertz CT molecular complexity index is 731. The van der Waals surface area contributed by atoms with Gasteiger partial charge in [0.1, 0.15) is 10.6 Å². The highest BCUT2D eigenvalue weighted by molar-refractivity contribution is 7.93. The van der Waals surface area contributed by atoms with E-state index >= 15 is 0 Å². The van der Waals surface area contributed by atoms with Crippen molar-refractivity contribution in [2.45, 2.75) is 48.6 Å². The lowest BCUT2D eigenvalue weighted by Crippen LogP contribution is -2.44. The first-order valence-electron chi connectivity index (χ1n) is 8.07. The Morgan fingerprint density at radius 2 is 2.09 bits per heavy atom. The molecule has 0 amide bonds. The van der Waals surface area contributed by atoms with Gasteiger partial charge in [-0.3, -0.25) is 0 Å². The monoisotopic (exact) mass is 357 g/mol. The largest absolute Gasteiger partial charge is 0.377 e. The number of morpholine rings is 1. The van der Waals surface area contributed by atoms with E-state index in [0.29, 0.717) is 37.6 Å². The van der Waals surface area contributed by atoms with Gasteiger partial charge in [0.05, 0.1) is 30.2 Å². The number of nitrogens with zero attached hydrogens (tertiary/aromatic N) is 3. The molecule has 0 radical (unpaired) electrons. The first-order chi connectivity index (χ1) is 10.9. The lowest BCUT2D eigenvalue weighted by atomic mass is 10.2. The molecule has 1 aromatic rings. The summed E-state index contributed by atoms with van der Waals surface area (Å²) in [6.45, 7) is 4.04. The molecule has 23 heavy (non-hydrogen) atoms. The molecule has 0 unspecified atom stereocenters. The van der Waals surface area contributed by atoms with E-state index in [0.717, 1.165) is 19.4 Å². The first-order valence-corrected chi connectivity index (χ1v) is 9.99. The number of halogens is 1. The SMILES string of the molecule is C[C@@H]1COCCN1c1cc(C2(S(=O)(=O)C3CC3)CC2)nc(Cl)n1. The Morgan fingerprint density at radius 3 is 2.70 bits per heavy atom. The van der Waals surface area contributed by atoms with Gasteiger partial charge in [-0.05, 0) is 44.2 Å². The van der Waals surface area contributed by atoms with Crippen molar-refractivity contribution in [1.29, 1.82) is 0 Å². The van der Waals surface area contributed by atoms with Gasteiger partial charge in [0.2, 0.25) is 5.28 Å². The van der Waals surface area contributed by atoms with Crippen LogP contribution in [0.2, 0.25) is 5.28 Å². The molecule has 1 atom stereocenters. The second-order valence-corrected chi connectivity index (χ2v) is 9.61. The topological polar surface area (TPSA) is 72.4 Å². The minimum absolute atomic E-state index is 0.119. The third-order valence-corrected chi connectivity index (χ3v) is 8.25. The Kier molecular flexibility index (Phi) is 3.59. The minimum atomic E-state index is -3.18. The molecule has 1 saturated heterocycles. The van der Waals surface area contributed by atoms with E-state index in [1.165, 1.54) is 0 Å². The first kappa shape index (κ1) is 15.6. The van der Waals surface area contributed by atoms with Crippen LogP contribution in [-0.2, 0) is 19.3 Å². The molecule has 1 aliphatic heterocycles. The van der Waals surface area contributed by atoms with Crippen molar-refractivity contribution in [2.24, 2.45) is 0 Å². The summed E-state index contributed by atoms with van der Waals surface area (Å²) in [5, 5.41) is -0.0713. The minimum Gasteiger partial charge on any atom is -0.377 e. The molecule has 4 rings (SSSR count). The molecule has 2 saturated carbocycles. The number of sulfone groups is 1. The maximum absolute atomic E-state index is 12.8. The van der Waals surface area contributed by atoms with Crippen LogP contribution in [0, 0.1) is 0 Å². The fourth-order valence-electron chi connectivity index (χ4n) is 3.35. The Labute approximate surface area is 141 Å². The van der Waals surface area contributed by atoms with Crippen LogP contribution in [0.25, 0.3) is 0 Å². The molecule has 6 nitrogen and oxygen atoms in total. The standard InChI is InChI=1S/C15H20ClN3O3S/c1-10-9-22-7-6-19(10)13-8-12(17-14(16)18-13)15(4-5-15)23(20,21)11-2-3-11/h8,10-11H,2-7,9H2,1H3/t10-/m1/s1. The molecular weight excluding hydrogens is 338 g/mol. The second kappa shape index (κ2) is 5.29. The quantitative estimate of drug-likeness (QED) is 0.766. The number of aromatic nitrogens is 2. The number of hydrogen-bond acceptors (Lipinski definition) is 6. The third kappa shape index (κ3) is 2.53. The van der Waals surface area contributed by atoms with Gasteiger partial charge in [-0.15, -0.1) is 0 Å². The zero-order chi connectivity index (χ0) is 16.2. The molecule has 8 heteroatoms. The summed E-state index contributed by atoms with van der Waals surface area (Å²) in [6, 6.07) is 2.00. The van der Waals surface area contributed by atoms with E-state index in [4.69, 9.17) is 16.3 Å². The number of anilines is 1. The number of rotatable bonds is 4. The van der Waals surface area contributed by atoms with Crippen molar-refractivity contribution in [3.8, 4) is 0 Å². The average Bonchev–Trinajstić information content (AvgIpc) is 3.39. The maximum Gasteiger partial charge on any atom is 0.224 e. The van der Waals surface area contributed by atoms with E-state index in [1.807, 2.05) is 6.07 Å². The highest BCUT2D eigenvalue weighted by atomic mass is 35.5. The highest BCUT2D eigenvalue weighted by Gasteiger charge is 2.61. The molecule has 0 spiro atoms. The Morgan fingerprint density at radius 1 is 1.35 bits per heavy atom. The van der Waals surface area contributed by atoms with Crippen molar-refractivity contribution in [3.05, 3.63) is 17.0 Å². The Balaban J connectivity index is 1.73. The summed E-state index contributed by atoms with van der Waals surface area (Å²) < 4.78 is 30.2. The van der Waals surface area contributed by atoms with Gasteiger partial charge in [0.25, 0.3) is 0 Å². The molecule has 3 fully saturated rings. The second-order valence-electron chi connectivity index (χ2n) is 6.74. The summed E-state index contributed by atoms with van der Waals surface area (Å²) in [5.74, 6) is 0.702. The summed E-state index contributed by atoms with van der Waals surface area (Å²) in [6.07, 6.45) is 2.82. The maximum atomic E-state index is 12.8. The molecular formula is C15H20ClN3O3S. The van der Waals surface area contributed by atoms with E-state index in [-0.39, 0.29) is 16.6 Å². The lowest BCUT2D eigenvalue weighted by molar-refractivity contribution is 0.0985. The molecule has 2 aliphatic carbocycles. The van der Waals surface area contributed by atoms with Crippen LogP contribution in [0.3, 0.4) is 0 Å². The molecule has 0 N–H and O–H groups in total. The summed E-state index contributed by atoms with van der Waals surface area (Å²) in [7, 11) is -3.18. The fourth-order valence-corrected chi connectivity index (χ4v) is 5.99. The van der Waals surface area contributed by atoms with Crippen LogP contribution in [0.5, 0.6) is 0 Å². The van der Waals surface area contributed by atoms with Crippen LogP contribution in [-0.4, -0.2) is 49.4 Å². The smallest absolute Gasteiger partial charge is 0.224 e. The number of ether oxygens (including phenoxy) is 1. The van der Waals surface area contributed by atoms with Gasteiger partial charge < -0.3 is 9.64 Å². The zero-order valence-corrected chi connectivity index (χ0v) is 14.6. The average molecular weight is 358 g/mol. The molecule has 0 aromatic carbocycles. The van der Waals surface area contributed by atoms with Crippen molar-refractivity contribution < 1.29 is 13.2 Å². The molecule has 1 aromatic heterocycles. The van der Waals surface area contributed by atoms with Gasteiger partial charge in [0.15, 0.2) is 9.84 Å². The molecule has 0 bridgehead atoms. The summed E-state index contributed by atoms with van der Waals surface area (Å²) >= 11 is 6.12. The van der Waals surface area contributed by atoms with Gasteiger partial charge in [-0.1, -0.05) is 0 Å². The highest BCUT2D eigenvalue weighted by Crippen LogP contribution is 2.57. The third-order valence-electron chi connectivity index (χ3n) is 5.03. The van der Waals surface area contributed by atoms with Crippen molar-refractivity contribution in [1.82, 2.24) is 9.97 Å². The van der Waals surface area contributed by atoms with Gasteiger partial charge in [-0.2, -0.15) is 0 Å². The van der Waals surface area contributed by atoms with Crippen LogP contribution in [0.4, 0.5) is 5.82 Å². The summed E-state index contributed by atoms with van der Waals surface area (Å²) in [5.41, 5.74) is 0.568. The van der Waals surface area contributed by atoms with Crippen LogP contribution >= 0.6 is 11.6 Å². The van der Waals surface area contributed by atoms with Gasteiger partial charge in [-0.25, -0.2) is 18.4 Å². The summed E-state index contributed by atoms with van der Waals surface area (Å²) in [4.78, 5) is 10.7. The Hall–Kier alpha value is -0.920. The van der Waals surface area contributed by atoms with Gasteiger partial charge in [0, 0.05) is 12.6 Å². The van der Waals surface area contributed by atoms with E-state index in [1.54, 1.807) is 0 Å². The van der Waals surface area contributed by atoms with Gasteiger partial charge >= 0.3 is 0 Å². The van der Waals surface area contributed by atoms with Crippen molar-refractivity contribution >= 4 is 27.3 Å². The van der Waals surface area contributed by atoms with E-state index in [9.17, 15) is 8.42 Å². The van der Waals surface area contributed by atoms with Crippen LogP contribution in [0.15, 0.2) is 6.07 Å². The fraction of sp³-hybridized carbons (Fsp3) is 0.733. The predicted octanol–water partition coefficient (Wildman–Crippen LogP) is 1.92. The normalized spacial score (nSPS) is 27.0. The molecule has 3 aliphatic rings. The van der Waals surface area contributed by atoms with E-state index < -0.39 is 14.6 Å². The van der Waals surface area contributed by atoms with Crippen molar-refractivity contribution in [2.75, 3.05) is 24.7 Å². The van der Waals surface area contributed by atoms with Crippen molar-refractivity contribution in [3.63, 3.8) is 0 Å².